The van der Waals surface area contributed by atoms with E-state index in [1.165, 1.54) is 6.42 Å². The van der Waals surface area contributed by atoms with Gasteiger partial charge in [0.05, 0.1) is 34.7 Å². The SMILES string of the molecule is NC(=O)c1c(Cc2csc(-c3coc4c(=O)cc(N5CCOCC5)sc34)c2)nc(N[C@H]2CCCC[C@H]2[NH3+])n2cnnc12. The van der Waals surface area contributed by atoms with Crippen LogP contribution in [-0.4, -0.2) is 63.9 Å². The molecule has 2 fully saturated rings. The number of rotatable bonds is 7. The number of ether oxygens (including phenoxy) is 1. The minimum absolute atomic E-state index is 0.132. The number of nitrogens with one attached hydrogen (secondary N) is 1. The first-order valence-corrected chi connectivity index (χ1v) is 15.7. The molecule has 1 aliphatic carbocycles. The van der Waals surface area contributed by atoms with Crippen molar-refractivity contribution in [2.45, 2.75) is 44.2 Å². The molecular formula is C28H31N8O4S2+. The molecule has 7 rings (SSSR count). The Hall–Kier alpha value is -3.85. The number of nitrogens with zero attached hydrogens (tertiary/aromatic N) is 5. The normalized spacial score (nSPS) is 19.5. The summed E-state index contributed by atoms with van der Waals surface area (Å²) >= 11 is 3.11. The fourth-order valence-corrected chi connectivity index (χ4v) is 8.00. The molecule has 42 heavy (non-hydrogen) atoms. The maximum Gasteiger partial charge on any atom is 0.254 e. The summed E-state index contributed by atoms with van der Waals surface area (Å²) in [4.78, 5) is 33.6. The van der Waals surface area contributed by atoms with E-state index in [9.17, 15) is 9.59 Å². The molecule has 0 radical (unpaired) electrons. The molecule has 14 heteroatoms. The van der Waals surface area contributed by atoms with Crippen molar-refractivity contribution < 1.29 is 19.7 Å². The third kappa shape index (κ3) is 4.93. The number of carbonyl (C=O) groups excluding carboxylic acids is 1. The molecular weight excluding hydrogens is 576 g/mol. The van der Waals surface area contributed by atoms with Crippen LogP contribution in [0.25, 0.3) is 26.4 Å². The van der Waals surface area contributed by atoms with Gasteiger partial charge >= 0.3 is 0 Å². The number of furan rings is 1. The number of hydrogen-bond acceptors (Lipinski definition) is 11. The highest BCUT2D eigenvalue weighted by Crippen LogP contribution is 2.39. The maximum absolute atomic E-state index is 12.9. The van der Waals surface area contributed by atoms with E-state index in [-0.39, 0.29) is 23.1 Å². The number of quaternary nitrogens is 1. The number of carbonyl (C=O) groups is 1. The highest BCUT2D eigenvalue weighted by atomic mass is 32.1. The zero-order chi connectivity index (χ0) is 28.8. The topological polar surface area (TPSA) is 169 Å². The molecule has 0 unspecified atom stereocenters. The second kappa shape index (κ2) is 11.1. The van der Waals surface area contributed by atoms with E-state index in [4.69, 9.17) is 19.9 Å². The van der Waals surface area contributed by atoms with Crippen molar-refractivity contribution >= 4 is 55.5 Å². The van der Waals surface area contributed by atoms with Crippen LogP contribution in [-0.2, 0) is 11.2 Å². The van der Waals surface area contributed by atoms with Gasteiger partial charge in [-0.1, -0.05) is 6.42 Å². The van der Waals surface area contributed by atoms with Gasteiger partial charge in [0.15, 0.2) is 11.2 Å². The van der Waals surface area contributed by atoms with Crippen LogP contribution in [0.4, 0.5) is 10.9 Å². The lowest BCUT2D eigenvalue weighted by Crippen LogP contribution is -2.68. The predicted molar refractivity (Wildman–Crippen MR) is 161 cm³/mol. The second-order valence-corrected chi connectivity index (χ2v) is 12.7. The van der Waals surface area contributed by atoms with Crippen molar-refractivity contribution in [1.82, 2.24) is 19.6 Å². The van der Waals surface area contributed by atoms with Gasteiger partial charge in [0.2, 0.25) is 11.4 Å². The highest BCUT2D eigenvalue weighted by Gasteiger charge is 2.28. The Bertz CT molecular complexity index is 1840. The fourth-order valence-electron chi connectivity index (χ4n) is 5.82. The molecule has 1 saturated carbocycles. The van der Waals surface area contributed by atoms with Crippen molar-refractivity contribution in [1.29, 1.82) is 0 Å². The summed E-state index contributed by atoms with van der Waals surface area (Å²) in [7, 11) is 0. The number of aromatic nitrogens is 4. The minimum atomic E-state index is -0.605. The predicted octanol–water partition coefficient (Wildman–Crippen LogP) is 2.51. The zero-order valence-electron chi connectivity index (χ0n) is 22.9. The summed E-state index contributed by atoms with van der Waals surface area (Å²) in [5.41, 5.74) is 13.4. The number of amides is 1. The molecule has 218 valence electrons. The van der Waals surface area contributed by atoms with Gasteiger partial charge in [-0.25, -0.2) is 4.98 Å². The van der Waals surface area contributed by atoms with Gasteiger partial charge in [-0.05, 0) is 29.9 Å². The van der Waals surface area contributed by atoms with E-state index in [1.54, 1.807) is 45.7 Å². The van der Waals surface area contributed by atoms with E-state index in [0.29, 0.717) is 42.5 Å². The minimum Gasteiger partial charge on any atom is -0.459 e. The van der Waals surface area contributed by atoms with Crippen LogP contribution < -0.4 is 27.1 Å². The maximum atomic E-state index is 12.9. The van der Waals surface area contributed by atoms with Gasteiger partial charge in [-0.3, -0.25) is 14.0 Å². The average molecular weight is 608 g/mol. The van der Waals surface area contributed by atoms with E-state index in [0.717, 1.165) is 58.1 Å². The van der Waals surface area contributed by atoms with E-state index in [2.05, 4.69) is 26.1 Å². The summed E-state index contributed by atoms with van der Waals surface area (Å²) < 4.78 is 13.7. The van der Waals surface area contributed by atoms with Gasteiger partial charge in [0.1, 0.15) is 24.2 Å². The summed E-state index contributed by atoms with van der Waals surface area (Å²) in [6.07, 6.45) is 7.92. The Morgan fingerprint density at radius 3 is 2.86 bits per heavy atom. The van der Waals surface area contributed by atoms with Crippen LogP contribution in [0.1, 0.15) is 47.3 Å². The summed E-state index contributed by atoms with van der Waals surface area (Å²) in [5.74, 6) is -0.0290. The van der Waals surface area contributed by atoms with E-state index >= 15 is 0 Å². The van der Waals surface area contributed by atoms with Crippen LogP contribution >= 0.6 is 22.7 Å². The van der Waals surface area contributed by atoms with E-state index in [1.807, 2.05) is 11.4 Å². The number of anilines is 2. The quantitative estimate of drug-likeness (QED) is 0.252. The molecule has 1 amide bonds. The Kier molecular flexibility index (Phi) is 7.14. The molecule has 6 heterocycles. The molecule has 2 atom stereocenters. The Morgan fingerprint density at radius 1 is 1.21 bits per heavy atom. The first kappa shape index (κ1) is 27.0. The lowest BCUT2D eigenvalue weighted by molar-refractivity contribution is -0.427. The van der Waals surface area contributed by atoms with E-state index < -0.39 is 5.91 Å². The largest absolute Gasteiger partial charge is 0.459 e. The second-order valence-electron chi connectivity index (χ2n) is 10.8. The summed E-state index contributed by atoms with van der Waals surface area (Å²) in [5, 5.41) is 14.8. The van der Waals surface area contributed by atoms with Crippen molar-refractivity contribution in [2.24, 2.45) is 5.73 Å². The van der Waals surface area contributed by atoms with Crippen molar-refractivity contribution in [3.05, 3.63) is 57.1 Å². The Balaban J connectivity index is 1.23. The van der Waals surface area contributed by atoms with Crippen LogP contribution in [0.5, 0.6) is 0 Å². The Labute approximate surface area is 248 Å². The first-order chi connectivity index (χ1) is 20.5. The number of nitrogens with two attached hydrogens (primary N) is 1. The molecule has 1 aliphatic heterocycles. The lowest BCUT2D eigenvalue weighted by Gasteiger charge is -2.27. The fraction of sp³-hybridized carbons (Fsp3) is 0.393. The highest BCUT2D eigenvalue weighted by molar-refractivity contribution is 7.23. The molecule has 2 aliphatic rings. The van der Waals surface area contributed by atoms with Crippen LogP contribution in [0, 0.1) is 0 Å². The number of thiophene rings is 1. The van der Waals surface area contributed by atoms with Gasteiger partial charge in [0, 0.05) is 42.4 Å². The molecule has 6 N–H and O–H groups in total. The Morgan fingerprint density at radius 2 is 2.05 bits per heavy atom. The van der Waals surface area contributed by atoms with Crippen molar-refractivity contribution in [3.63, 3.8) is 0 Å². The smallest absolute Gasteiger partial charge is 0.254 e. The van der Waals surface area contributed by atoms with Crippen LogP contribution in [0.2, 0.25) is 0 Å². The molecule has 5 aromatic rings. The number of fused-ring (bicyclic) bond motifs is 2. The molecule has 12 nitrogen and oxygen atoms in total. The molecule has 0 bridgehead atoms. The van der Waals surface area contributed by atoms with Crippen molar-refractivity contribution in [3.8, 4) is 10.4 Å². The third-order valence-electron chi connectivity index (χ3n) is 8.04. The molecule has 1 saturated heterocycles. The number of primary amides is 1. The summed E-state index contributed by atoms with van der Waals surface area (Å²) in [6.45, 7) is 2.77. The standard InChI is InChI=1S/C28H30N8O4S2/c29-17-3-1-2-4-18(17)32-28-33-19(23(26(30)38)27-34-31-14-36(27)28)9-15-10-21(41-13-15)16-12-40-24-20(37)11-22(42-25(16)24)35-5-7-39-8-6-35/h10-14,17-18H,1-9,29H2,(H2,30,38)(H,32,33)/p+1/t17-,18+/m1/s1. The monoisotopic (exact) mass is 607 g/mol. The third-order valence-corrected chi connectivity index (χ3v) is 10.2. The molecule has 5 aromatic heterocycles. The van der Waals surface area contributed by atoms with Crippen LogP contribution in [0.3, 0.4) is 0 Å². The van der Waals surface area contributed by atoms with Crippen molar-refractivity contribution in [2.75, 3.05) is 36.5 Å². The van der Waals surface area contributed by atoms with Gasteiger partial charge < -0.3 is 30.8 Å². The van der Waals surface area contributed by atoms with Gasteiger partial charge in [0.25, 0.3) is 5.91 Å². The number of morpholine rings is 1. The van der Waals surface area contributed by atoms with Gasteiger partial charge in [-0.15, -0.1) is 32.9 Å². The van der Waals surface area contributed by atoms with Crippen LogP contribution in [0.15, 0.2) is 39.3 Å². The molecule has 0 aromatic carbocycles. The lowest BCUT2D eigenvalue weighted by atomic mass is 9.91. The molecule has 0 spiro atoms. The zero-order valence-corrected chi connectivity index (χ0v) is 24.5. The average Bonchev–Trinajstić information content (AvgIpc) is 3.75. The number of hydrogen-bond donors (Lipinski definition) is 3. The summed E-state index contributed by atoms with van der Waals surface area (Å²) in [6, 6.07) is 4.13. The van der Waals surface area contributed by atoms with Gasteiger partial charge in [-0.2, -0.15) is 0 Å². The first-order valence-electron chi connectivity index (χ1n) is 14.0.